The molecule has 49 heavy (non-hydrogen) atoms. The Morgan fingerprint density at radius 2 is 1.33 bits per heavy atom. The Morgan fingerprint density at radius 3 is 1.73 bits per heavy atom. The van der Waals surface area contributed by atoms with Crippen LogP contribution in [0.15, 0.2) is 72.8 Å². The smallest absolute Gasteiger partial charge is 0.322 e. The molecule has 0 spiro atoms. The fourth-order valence-electron chi connectivity index (χ4n) is 7.43. The van der Waals surface area contributed by atoms with Gasteiger partial charge >= 0.3 is 11.9 Å². The van der Waals surface area contributed by atoms with E-state index in [0.717, 1.165) is 16.7 Å². The van der Waals surface area contributed by atoms with Gasteiger partial charge in [-0.25, -0.2) is 0 Å². The van der Waals surface area contributed by atoms with Crippen molar-refractivity contribution in [3.63, 3.8) is 0 Å². The Morgan fingerprint density at radius 1 is 0.837 bits per heavy atom. The highest BCUT2D eigenvalue weighted by Crippen LogP contribution is 2.42. The number of aliphatic carboxylic acids is 2. The molecule has 11 heteroatoms. The largest absolute Gasteiger partial charge is 0.497 e. The molecule has 2 aliphatic rings. The zero-order valence-corrected chi connectivity index (χ0v) is 29.0. The van der Waals surface area contributed by atoms with Gasteiger partial charge in [-0.3, -0.25) is 19.4 Å². The van der Waals surface area contributed by atoms with Crippen LogP contribution in [0.25, 0.3) is 0 Å². The van der Waals surface area contributed by atoms with Crippen molar-refractivity contribution in [3.05, 3.63) is 89.5 Å². The van der Waals surface area contributed by atoms with Crippen LogP contribution in [-0.2, 0) is 24.7 Å². The molecule has 0 saturated carbocycles. The summed E-state index contributed by atoms with van der Waals surface area (Å²) in [5, 5.41) is 21.1. The second-order valence-electron chi connectivity index (χ2n) is 13.2. The molecule has 2 unspecified atom stereocenters. The molecule has 2 saturated heterocycles. The fraction of sp³-hybridized carbons (Fsp3) is 0.474. The molecule has 3 aromatic carbocycles. The molecule has 0 aromatic heterocycles. The molecule has 2 N–H and O–H groups in total. The van der Waals surface area contributed by atoms with Crippen LogP contribution in [0, 0.1) is 5.92 Å². The van der Waals surface area contributed by atoms with E-state index < -0.39 is 41.1 Å². The van der Waals surface area contributed by atoms with Crippen molar-refractivity contribution in [1.29, 1.82) is 0 Å². The SMILES string of the molecule is COc1ccc(C(OCCN2CCC[C@H](C(=O)O)C2C(C(=O)O)N2CCOCC2(C)C)(c2ccc(OC)cc2)c2ccc(OC)cc2)cc1. The number of rotatable bonds is 14. The van der Waals surface area contributed by atoms with Crippen LogP contribution in [0.2, 0.25) is 0 Å². The highest BCUT2D eigenvalue weighted by molar-refractivity contribution is 5.78. The molecule has 3 atom stereocenters. The second kappa shape index (κ2) is 15.6. The Labute approximate surface area is 288 Å². The van der Waals surface area contributed by atoms with E-state index in [4.69, 9.17) is 23.7 Å². The maximum atomic E-state index is 13.1. The van der Waals surface area contributed by atoms with Crippen LogP contribution in [0.1, 0.15) is 43.4 Å². The lowest BCUT2D eigenvalue weighted by Gasteiger charge is -2.51. The lowest BCUT2D eigenvalue weighted by Crippen LogP contribution is -2.68. The number of ether oxygens (including phenoxy) is 5. The van der Waals surface area contributed by atoms with E-state index >= 15 is 0 Å². The quantitative estimate of drug-likeness (QED) is 0.230. The van der Waals surface area contributed by atoms with Crippen LogP contribution in [0.4, 0.5) is 0 Å². The molecule has 0 amide bonds. The van der Waals surface area contributed by atoms with Gasteiger partial charge in [0.2, 0.25) is 0 Å². The molecule has 11 nitrogen and oxygen atoms in total. The van der Waals surface area contributed by atoms with Crippen molar-refractivity contribution in [2.75, 3.05) is 60.8 Å². The standard InChI is InChI=1S/C38H48N2O9/c1-37(2)25-48-23-22-40(37)34(36(43)44)33-32(35(41)42)7-6-20-39(33)21-24-49-38(26-8-14-29(45-3)15-9-26,27-10-16-30(46-4)17-11-27)28-12-18-31(47-5)19-13-28/h8-19,32-34H,6-7,20-25H2,1-5H3,(H,41,42)(H,43,44)/t32-,33?,34?/m0/s1. The Bertz CT molecular complexity index is 1430. The first-order valence-electron chi connectivity index (χ1n) is 16.7. The second-order valence-corrected chi connectivity index (χ2v) is 13.2. The van der Waals surface area contributed by atoms with Gasteiger partial charge in [-0.1, -0.05) is 36.4 Å². The Kier molecular flexibility index (Phi) is 11.5. The van der Waals surface area contributed by atoms with Gasteiger partial charge in [0.1, 0.15) is 28.9 Å². The number of benzene rings is 3. The topological polar surface area (TPSA) is 127 Å². The van der Waals surface area contributed by atoms with Gasteiger partial charge in [0.25, 0.3) is 0 Å². The normalized spacial score (nSPS) is 20.7. The fourth-order valence-corrected chi connectivity index (χ4v) is 7.43. The van der Waals surface area contributed by atoms with Crippen LogP contribution in [0.5, 0.6) is 17.2 Å². The highest BCUT2D eigenvalue weighted by atomic mass is 16.5. The van der Waals surface area contributed by atoms with Crippen molar-refractivity contribution in [2.45, 2.75) is 49.9 Å². The summed E-state index contributed by atoms with van der Waals surface area (Å²) < 4.78 is 29.2. The molecular weight excluding hydrogens is 628 g/mol. The summed E-state index contributed by atoms with van der Waals surface area (Å²) in [6.07, 6.45) is 1.03. The average Bonchev–Trinajstić information content (AvgIpc) is 3.11. The summed E-state index contributed by atoms with van der Waals surface area (Å²) in [7, 11) is 4.86. The van der Waals surface area contributed by atoms with E-state index in [1.807, 2.05) is 96.4 Å². The molecular formula is C38H48N2O9. The van der Waals surface area contributed by atoms with Gasteiger partial charge in [-0.2, -0.15) is 0 Å². The van der Waals surface area contributed by atoms with Crippen molar-refractivity contribution in [1.82, 2.24) is 9.80 Å². The van der Waals surface area contributed by atoms with Crippen molar-refractivity contribution < 1.29 is 43.5 Å². The number of methoxy groups -OCH3 is 3. The first-order chi connectivity index (χ1) is 23.5. The summed E-state index contributed by atoms with van der Waals surface area (Å²) in [5.41, 5.74) is 0.846. The maximum Gasteiger partial charge on any atom is 0.322 e. The number of hydrogen-bond acceptors (Lipinski definition) is 9. The van der Waals surface area contributed by atoms with Gasteiger partial charge in [0, 0.05) is 24.7 Å². The zero-order chi connectivity index (χ0) is 35.2. The van der Waals surface area contributed by atoms with E-state index in [-0.39, 0.29) is 6.61 Å². The average molecular weight is 677 g/mol. The number of nitrogens with zero attached hydrogens (tertiary/aromatic N) is 2. The number of hydrogen-bond donors (Lipinski definition) is 2. The van der Waals surface area contributed by atoms with Crippen molar-refractivity contribution in [2.24, 2.45) is 5.92 Å². The van der Waals surface area contributed by atoms with E-state index in [9.17, 15) is 19.8 Å². The summed E-state index contributed by atoms with van der Waals surface area (Å²) in [5.74, 6) is -0.792. The van der Waals surface area contributed by atoms with Crippen molar-refractivity contribution >= 4 is 11.9 Å². The first kappa shape index (κ1) is 36.1. The summed E-state index contributed by atoms with van der Waals surface area (Å²) in [4.78, 5) is 29.7. The molecule has 2 fully saturated rings. The molecule has 2 heterocycles. The molecule has 0 radical (unpaired) electrons. The number of carboxylic acid groups (broad SMARTS) is 2. The van der Waals surface area contributed by atoms with Crippen LogP contribution in [-0.4, -0.2) is 110 Å². The number of piperidine rings is 1. The first-order valence-corrected chi connectivity index (χ1v) is 16.7. The molecule has 264 valence electrons. The minimum absolute atomic E-state index is 0.172. The van der Waals surface area contributed by atoms with Crippen LogP contribution >= 0.6 is 0 Å². The molecule has 2 aliphatic heterocycles. The molecule has 0 bridgehead atoms. The highest BCUT2D eigenvalue weighted by Gasteiger charge is 2.50. The third-order valence-electron chi connectivity index (χ3n) is 9.92. The Hall–Kier alpha value is -4.16. The Balaban J connectivity index is 1.56. The lowest BCUT2D eigenvalue weighted by molar-refractivity contribution is -0.166. The lowest BCUT2D eigenvalue weighted by atomic mass is 9.80. The van der Waals surface area contributed by atoms with Crippen LogP contribution < -0.4 is 14.2 Å². The minimum atomic E-state index is -1.11. The predicted molar refractivity (Wildman–Crippen MR) is 184 cm³/mol. The van der Waals surface area contributed by atoms with Gasteiger partial charge in [0.05, 0.1) is 47.1 Å². The van der Waals surface area contributed by atoms with E-state index in [1.54, 1.807) is 21.3 Å². The van der Waals surface area contributed by atoms with Gasteiger partial charge in [0.15, 0.2) is 0 Å². The number of carbonyl (C=O) groups is 2. The van der Waals surface area contributed by atoms with Gasteiger partial charge < -0.3 is 33.9 Å². The van der Waals surface area contributed by atoms with E-state index in [0.29, 0.717) is 62.9 Å². The minimum Gasteiger partial charge on any atom is -0.497 e. The number of morpholine rings is 1. The third kappa shape index (κ3) is 7.55. The summed E-state index contributed by atoms with van der Waals surface area (Å²) in [6, 6.07) is 21.3. The van der Waals surface area contributed by atoms with E-state index in [1.165, 1.54) is 0 Å². The summed E-state index contributed by atoms with van der Waals surface area (Å²) in [6.45, 7) is 6.06. The van der Waals surface area contributed by atoms with Crippen LogP contribution in [0.3, 0.4) is 0 Å². The van der Waals surface area contributed by atoms with Crippen molar-refractivity contribution in [3.8, 4) is 17.2 Å². The third-order valence-corrected chi connectivity index (χ3v) is 9.92. The van der Waals surface area contributed by atoms with Gasteiger partial charge in [-0.15, -0.1) is 0 Å². The zero-order valence-electron chi connectivity index (χ0n) is 29.0. The number of carboxylic acids is 2. The number of likely N-dealkylation sites (tertiary alicyclic amines) is 1. The molecule has 3 aromatic rings. The maximum absolute atomic E-state index is 13.1. The van der Waals surface area contributed by atoms with Gasteiger partial charge in [-0.05, 0) is 86.3 Å². The molecule has 0 aliphatic carbocycles. The predicted octanol–water partition coefficient (Wildman–Crippen LogP) is 4.75. The molecule has 5 rings (SSSR count). The monoisotopic (exact) mass is 676 g/mol. The van der Waals surface area contributed by atoms with E-state index in [2.05, 4.69) is 0 Å². The summed E-state index contributed by atoms with van der Waals surface area (Å²) >= 11 is 0.